The lowest BCUT2D eigenvalue weighted by molar-refractivity contribution is -0.148. The van der Waals surface area contributed by atoms with Crippen molar-refractivity contribution in [1.82, 2.24) is 0 Å². The first kappa shape index (κ1) is 15.5. The number of carbonyl (C=O) groups excluding carboxylic acids is 1. The van der Waals surface area contributed by atoms with Crippen molar-refractivity contribution in [2.24, 2.45) is 5.73 Å². The summed E-state index contributed by atoms with van der Waals surface area (Å²) < 4.78 is 15.2. The summed E-state index contributed by atoms with van der Waals surface area (Å²) in [6, 6.07) is 5.44. The Kier molecular flexibility index (Phi) is 6.32. The molecule has 1 aromatic rings. The summed E-state index contributed by atoms with van der Waals surface area (Å²) in [4.78, 5) is 11.1. The maximum atomic E-state index is 11.1. The van der Waals surface area contributed by atoms with Gasteiger partial charge in [0.25, 0.3) is 0 Å². The number of aryl methyl sites for hydroxylation is 1. The Labute approximate surface area is 113 Å². The summed E-state index contributed by atoms with van der Waals surface area (Å²) in [6.45, 7) is 4.26. The van der Waals surface area contributed by atoms with Gasteiger partial charge in [-0.1, -0.05) is 12.1 Å². The van der Waals surface area contributed by atoms with Crippen molar-refractivity contribution in [1.29, 1.82) is 0 Å². The Morgan fingerprint density at radius 3 is 2.74 bits per heavy atom. The summed E-state index contributed by atoms with van der Waals surface area (Å²) in [6.07, 6.45) is 0. The lowest BCUT2D eigenvalue weighted by Gasteiger charge is -2.14. The van der Waals surface area contributed by atoms with E-state index in [-0.39, 0.29) is 25.2 Å². The van der Waals surface area contributed by atoms with Crippen LogP contribution in [0.1, 0.15) is 24.1 Å². The van der Waals surface area contributed by atoms with Gasteiger partial charge in [0.15, 0.2) is 0 Å². The zero-order chi connectivity index (χ0) is 14.3. The predicted octanol–water partition coefficient (Wildman–Crippen LogP) is 1.58. The van der Waals surface area contributed by atoms with Gasteiger partial charge in [-0.05, 0) is 31.0 Å². The molecule has 19 heavy (non-hydrogen) atoms. The second kappa shape index (κ2) is 7.76. The predicted molar refractivity (Wildman–Crippen MR) is 72.1 cm³/mol. The first-order valence-corrected chi connectivity index (χ1v) is 6.22. The molecule has 0 aromatic heterocycles. The van der Waals surface area contributed by atoms with Crippen molar-refractivity contribution < 1.29 is 19.0 Å². The van der Waals surface area contributed by atoms with E-state index >= 15 is 0 Å². The van der Waals surface area contributed by atoms with Gasteiger partial charge in [-0.2, -0.15) is 0 Å². The third-order valence-corrected chi connectivity index (χ3v) is 2.67. The highest BCUT2D eigenvalue weighted by molar-refractivity contribution is 5.70. The van der Waals surface area contributed by atoms with Crippen molar-refractivity contribution in [3.8, 4) is 5.75 Å². The van der Waals surface area contributed by atoms with Crippen LogP contribution in [0.2, 0.25) is 0 Å². The number of methoxy groups -OCH3 is 1. The van der Waals surface area contributed by atoms with E-state index in [1.807, 2.05) is 25.1 Å². The molecule has 1 atom stereocenters. The third kappa shape index (κ3) is 4.89. The van der Waals surface area contributed by atoms with Gasteiger partial charge in [0, 0.05) is 0 Å². The minimum Gasteiger partial charge on any atom is -0.496 e. The average Bonchev–Trinajstić information content (AvgIpc) is 2.38. The van der Waals surface area contributed by atoms with Crippen LogP contribution < -0.4 is 10.5 Å². The molecule has 1 aromatic carbocycles. The standard InChI is InChI=1S/C14H21NO4/c1-4-19-14(16)9-18-8-12(15)11-5-6-13(17-3)10(2)7-11/h5-7,12H,4,8-9,15H2,1-3H3. The molecule has 0 spiro atoms. The number of ether oxygens (including phenoxy) is 3. The maximum Gasteiger partial charge on any atom is 0.332 e. The maximum absolute atomic E-state index is 11.1. The van der Waals surface area contributed by atoms with Crippen molar-refractivity contribution in [2.45, 2.75) is 19.9 Å². The third-order valence-electron chi connectivity index (χ3n) is 2.67. The average molecular weight is 267 g/mol. The second-order valence-corrected chi connectivity index (χ2v) is 4.16. The summed E-state index contributed by atoms with van der Waals surface area (Å²) in [5, 5.41) is 0. The number of hydrogen-bond donors (Lipinski definition) is 1. The molecule has 0 amide bonds. The lowest BCUT2D eigenvalue weighted by Crippen LogP contribution is -2.21. The molecule has 0 bridgehead atoms. The van der Waals surface area contributed by atoms with Crippen LogP contribution in [0, 0.1) is 6.92 Å². The van der Waals surface area contributed by atoms with Crippen LogP contribution in [-0.2, 0) is 14.3 Å². The highest BCUT2D eigenvalue weighted by Crippen LogP contribution is 2.21. The second-order valence-electron chi connectivity index (χ2n) is 4.16. The minimum absolute atomic E-state index is 0.0727. The largest absolute Gasteiger partial charge is 0.496 e. The molecule has 5 heteroatoms. The molecule has 1 unspecified atom stereocenters. The zero-order valence-electron chi connectivity index (χ0n) is 11.6. The van der Waals surface area contributed by atoms with Crippen LogP contribution in [-0.4, -0.2) is 32.9 Å². The Bertz CT molecular complexity index is 420. The van der Waals surface area contributed by atoms with Gasteiger partial charge in [-0.3, -0.25) is 0 Å². The quantitative estimate of drug-likeness (QED) is 0.759. The van der Waals surface area contributed by atoms with Crippen molar-refractivity contribution in [2.75, 3.05) is 26.9 Å². The van der Waals surface area contributed by atoms with E-state index in [1.54, 1.807) is 14.0 Å². The van der Waals surface area contributed by atoms with Crippen LogP contribution in [0.25, 0.3) is 0 Å². The molecular weight excluding hydrogens is 246 g/mol. The molecule has 2 N–H and O–H groups in total. The van der Waals surface area contributed by atoms with Crippen molar-refractivity contribution >= 4 is 5.97 Å². The van der Waals surface area contributed by atoms with Crippen LogP contribution >= 0.6 is 0 Å². The molecule has 106 valence electrons. The number of rotatable bonds is 7. The Balaban J connectivity index is 2.47. The molecule has 0 aliphatic rings. The van der Waals surface area contributed by atoms with Crippen LogP contribution in [0.4, 0.5) is 0 Å². The van der Waals surface area contributed by atoms with Crippen LogP contribution in [0.5, 0.6) is 5.75 Å². The number of esters is 1. The van der Waals surface area contributed by atoms with E-state index < -0.39 is 0 Å². The van der Waals surface area contributed by atoms with Crippen molar-refractivity contribution in [3.63, 3.8) is 0 Å². The van der Waals surface area contributed by atoms with E-state index in [0.717, 1.165) is 16.9 Å². The smallest absolute Gasteiger partial charge is 0.332 e. The Morgan fingerprint density at radius 2 is 2.16 bits per heavy atom. The van der Waals surface area contributed by atoms with E-state index in [2.05, 4.69) is 0 Å². The molecule has 0 radical (unpaired) electrons. The van der Waals surface area contributed by atoms with Crippen molar-refractivity contribution in [3.05, 3.63) is 29.3 Å². The van der Waals surface area contributed by atoms with Gasteiger partial charge in [-0.15, -0.1) is 0 Å². The number of benzene rings is 1. The molecule has 5 nitrogen and oxygen atoms in total. The van der Waals surface area contributed by atoms with E-state index in [0.29, 0.717) is 6.61 Å². The van der Waals surface area contributed by atoms with Gasteiger partial charge in [0.2, 0.25) is 0 Å². The highest BCUT2D eigenvalue weighted by atomic mass is 16.6. The minimum atomic E-state index is -0.374. The van der Waals surface area contributed by atoms with E-state index in [9.17, 15) is 4.79 Å². The molecule has 0 aliphatic carbocycles. The van der Waals surface area contributed by atoms with E-state index in [1.165, 1.54) is 0 Å². The fourth-order valence-electron chi connectivity index (χ4n) is 1.70. The number of carbonyl (C=O) groups is 1. The monoisotopic (exact) mass is 267 g/mol. The summed E-state index contributed by atoms with van der Waals surface area (Å²) in [7, 11) is 1.63. The summed E-state index contributed by atoms with van der Waals surface area (Å²) in [5.74, 6) is 0.448. The zero-order valence-corrected chi connectivity index (χ0v) is 11.6. The lowest BCUT2D eigenvalue weighted by atomic mass is 10.1. The van der Waals surface area contributed by atoms with Gasteiger partial charge >= 0.3 is 5.97 Å². The summed E-state index contributed by atoms with van der Waals surface area (Å²) in [5.41, 5.74) is 7.96. The summed E-state index contributed by atoms with van der Waals surface area (Å²) >= 11 is 0. The SMILES string of the molecule is CCOC(=O)COCC(N)c1ccc(OC)c(C)c1. The van der Waals surface area contributed by atoms with Crippen LogP contribution in [0.15, 0.2) is 18.2 Å². The van der Waals surface area contributed by atoms with Gasteiger partial charge in [0.05, 0.1) is 26.4 Å². The van der Waals surface area contributed by atoms with Gasteiger partial charge in [-0.25, -0.2) is 4.79 Å². The molecule has 0 fully saturated rings. The molecule has 0 aliphatic heterocycles. The first-order chi connectivity index (χ1) is 9.08. The normalized spacial score (nSPS) is 12.0. The molecule has 0 saturated heterocycles. The Morgan fingerprint density at radius 1 is 1.42 bits per heavy atom. The molecular formula is C14H21NO4. The fourth-order valence-corrected chi connectivity index (χ4v) is 1.70. The number of hydrogen-bond acceptors (Lipinski definition) is 5. The molecule has 1 rings (SSSR count). The topological polar surface area (TPSA) is 70.8 Å². The molecule has 0 heterocycles. The molecule has 0 saturated carbocycles. The van der Waals surface area contributed by atoms with Gasteiger partial charge < -0.3 is 19.9 Å². The Hall–Kier alpha value is -1.59. The van der Waals surface area contributed by atoms with Gasteiger partial charge in [0.1, 0.15) is 12.4 Å². The fraction of sp³-hybridized carbons (Fsp3) is 0.500. The number of nitrogens with two attached hydrogens (primary N) is 1. The first-order valence-electron chi connectivity index (χ1n) is 6.22. The highest BCUT2D eigenvalue weighted by Gasteiger charge is 2.10. The van der Waals surface area contributed by atoms with Crippen LogP contribution in [0.3, 0.4) is 0 Å². The van der Waals surface area contributed by atoms with E-state index in [4.69, 9.17) is 19.9 Å².